The maximum absolute atomic E-state index is 11.2. The van der Waals surface area contributed by atoms with Gasteiger partial charge in [0, 0.05) is 19.2 Å². The number of carbonyl (C=O) groups excluding carboxylic acids is 1. The second-order valence-electron chi connectivity index (χ2n) is 2.86. The van der Waals surface area contributed by atoms with E-state index in [1.165, 1.54) is 0 Å². The molecule has 0 aliphatic carbocycles. The molecule has 0 saturated heterocycles. The number of furan rings is 1. The standard InChI is InChI=1S/C9H10N2O2/c1-10-9(12)7-4-6-2-3-11-5-8(6)13-7/h4-5H,2-3H2,1H3,(H,10,12). The first kappa shape index (κ1) is 8.04. The van der Waals surface area contributed by atoms with Crippen molar-refractivity contribution in [2.24, 2.45) is 4.99 Å². The van der Waals surface area contributed by atoms with Crippen LogP contribution in [0.1, 0.15) is 21.9 Å². The summed E-state index contributed by atoms with van der Waals surface area (Å²) in [6.45, 7) is 0.777. The zero-order valence-corrected chi connectivity index (χ0v) is 7.33. The summed E-state index contributed by atoms with van der Waals surface area (Å²) < 4.78 is 5.30. The lowest BCUT2D eigenvalue weighted by atomic mass is 10.1. The van der Waals surface area contributed by atoms with Crippen LogP contribution >= 0.6 is 0 Å². The summed E-state index contributed by atoms with van der Waals surface area (Å²) in [5, 5.41) is 2.51. The van der Waals surface area contributed by atoms with E-state index in [1.807, 2.05) is 0 Å². The van der Waals surface area contributed by atoms with E-state index in [0.29, 0.717) is 11.5 Å². The van der Waals surface area contributed by atoms with Gasteiger partial charge in [-0.25, -0.2) is 0 Å². The summed E-state index contributed by atoms with van der Waals surface area (Å²) >= 11 is 0. The van der Waals surface area contributed by atoms with E-state index < -0.39 is 0 Å². The third-order valence-electron chi connectivity index (χ3n) is 2.01. The molecule has 0 bridgehead atoms. The van der Waals surface area contributed by atoms with Crippen molar-refractivity contribution in [1.82, 2.24) is 5.32 Å². The fourth-order valence-corrected chi connectivity index (χ4v) is 1.32. The molecule has 0 spiro atoms. The van der Waals surface area contributed by atoms with Gasteiger partial charge in [0.05, 0.1) is 6.21 Å². The maximum Gasteiger partial charge on any atom is 0.286 e. The van der Waals surface area contributed by atoms with Gasteiger partial charge in [0.15, 0.2) is 5.76 Å². The van der Waals surface area contributed by atoms with Crippen molar-refractivity contribution in [2.45, 2.75) is 6.42 Å². The number of rotatable bonds is 1. The Kier molecular flexibility index (Phi) is 1.88. The summed E-state index contributed by atoms with van der Waals surface area (Å²) in [6, 6.07) is 1.78. The van der Waals surface area contributed by atoms with E-state index in [4.69, 9.17) is 4.42 Å². The first-order chi connectivity index (χ1) is 6.31. The van der Waals surface area contributed by atoms with E-state index in [0.717, 1.165) is 18.5 Å². The number of aliphatic imine (C=N–C) groups is 1. The largest absolute Gasteiger partial charge is 0.450 e. The van der Waals surface area contributed by atoms with Crippen LogP contribution in [-0.2, 0) is 6.42 Å². The van der Waals surface area contributed by atoms with E-state index in [1.54, 1.807) is 19.3 Å². The highest BCUT2D eigenvalue weighted by Gasteiger charge is 2.15. The Bertz CT molecular complexity index is 366. The molecule has 1 aromatic rings. The average molecular weight is 178 g/mol. The Labute approximate surface area is 75.7 Å². The molecule has 13 heavy (non-hydrogen) atoms. The van der Waals surface area contributed by atoms with E-state index >= 15 is 0 Å². The van der Waals surface area contributed by atoms with Crippen LogP contribution in [0.4, 0.5) is 0 Å². The predicted octanol–water partition coefficient (Wildman–Crippen LogP) is 0.614. The highest BCUT2D eigenvalue weighted by atomic mass is 16.4. The maximum atomic E-state index is 11.2. The third-order valence-corrected chi connectivity index (χ3v) is 2.01. The number of amides is 1. The van der Waals surface area contributed by atoms with Crippen molar-refractivity contribution in [3.8, 4) is 0 Å². The molecule has 2 rings (SSSR count). The number of hydrogen-bond acceptors (Lipinski definition) is 3. The second kappa shape index (κ2) is 3.05. The van der Waals surface area contributed by atoms with Crippen LogP contribution in [0.5, 0.6) is 0 Å². The van der Waals surface area contributed by atoms with Crippen molar-refractivity contribution in [1.29, 1.82) is 0 Å². The normalized spacial score (nSPS) is 13.9. The second-order valence-corrected chi connectivity index (χ2v) is 2.86. The number of nitrogens with one attached hydrogen (secondary N) is 1. The molecule has 1 aliphatic heterocycles. The fourth-order valence-electron chi connectivity index (χ4n) is 1.32. The Hall–Kier alpha value is -1.58. The van der Waals surface area contributed by atoms with Gasteiger partial charge in [-0.1, -0.05) is 0 Å². The molecule has 0 fully saturated rings. The molecule has 4 nitrogen and oxygen atoms in total. The van der Waals surface area contributed by atoms with Crippen molar-refractivity contribution in [2.75, 3.05) is 13.6 Å². The first-order valence-electron chi connectivity index (χ1n) is 4.16. The Morgan fingerprint density at radius 2 is 2.54 bits per heavy atom. The lowest BCUT2D eigenvalue weighted by Crippen LogP contribution is -2.16. The van der Waals surface area contributed by atoms with Crippen LogP contribution in [-0.4, -0.2) is 25.7 Å². The van der Waals surface area contributed by atoms with E-state index in [-0.39, 0.29) is 5.91 Å². The summed E-state index contributed by atoms with van der Waals surface area (Å²) in [5.74, 6) is 0.883. The summed E-state index contributed by atoms with van der Waals surface area (Å²) in [5.41, 5.74) is 1.06. The van der Waals surface area contributed by atoms with E-state index in [9.17, 15) is 4.79 Å². The predicted molar refractivity (Wildman–Crippen MR) is 48.3 cm³/mol. The van der Waals surface area contributed by atoms with Gasteiger partial charge in [0.2, 0.25) is 0 Å². The minimum Gasteiger partial charge on any atom is -0.450 e. The highest BCUT2D eigenvalue weighted by molar-refractivity contribution is 5.93. The lowest BCUT2D eigenvalue weighted by molar-refractivity contribution is 0.0935. The minimum absolute atomic E-state index is 0.192. The van der Waals surface area contributed by atoms with Crippen LogP contribution in [0.2, 0.25) is 0 Å². The van der Waals surface area contributed by atoms with Gasteiger partial charge >= 0.3 is 0 Å². The van der Waals surface area contributed by atoms with Crippen molar-refractivity contribution in [3.05, 3.63) is 23.2 Å². The quantitative estimate of drug-likeness (QED) is 0.685. The molecule has 4 heteroatoms. The van der Waals surface area contributed by atoms with Gasteiger partial charge in [0.25, 0.3) is 5.91 Å². The topological polar surface area (TPSA) is 54.6 Å². The first-order valence-corrected chi connectivity index (χ1v) is 4.16. The molecule has 0 aromatic carbocycles. The summed E-state index contributed by atoms with van der Waals surface area (Å²) in [4.78, 5) is 15.2. The van der Waals surface area contributed by atoms with Crippen LogP contribution < -0.4 is 5.32 Å². The molecule has 2 heterocycles. The van der Waals surface area contributed by atoms with Gasteiger partial charge < -0.3 is 9.73 Å². The van der Waals surface area contributed by atoms with Crippen molar-refractivity contribution >= 4 is 12.1 Å². The minimum atomic E-state index is -0.192. The van der Waals surface area contributed by atoms with Gasteiger partial charge in [-0.3, -0.25) is 9.79 Å². The lowest BCUT2D eigenvalue weighted by Gasteiger charge is -1.99. The third kappa shape index (κ3) is 1.35. The SMILES string of the molecule is CNC(=O)c1cc2c(o1)C=NCC2. The molecule has 1 aliphatic rings. The summed E-state index contributed by atoms with van der Waals surface area (Å²) in [7, 11) is 1.58. The molecule has 1 N–H and O–H groups in total. The Morgan fingerprint density at radius 3 is 3.23 bits per heavy atom. The molecule has 1 aromatic heterocycles. The Balaban J connectivity index is 2.36. The molecule has 0 radical (unpaired) electrons. The van der Waals surface area contributed by atoms with Crippen LogP contribution in [0.15, 0.2) is 15.5 Å². The smallest absolute Gasteiger partial charge is 0.286 e. The number of hydrogen-bond donors (Lipinski definition) is 1. The molecule has 0 unspecified atom stereocenters. The average Bonchev–Trinajstić information content (AvgIpc) is 2.59. The van der Waals surface area contributed by atoms with E-state index in [2.05, 4.69) is 10.3 Å². The molecule has 0 atom stereocenters. The van der Waals surface area contributed by atoms with Crippen molar-refractivity contribution < 1.29 is 9.21 Å². The van der Waals surface area contributed by atoms with Crippen LogP contribution in [0, 0.1) is 0 Å². The number of fused-ring (bicyclic) bond motifs is 1. The van der Waals surface area contributed by atoms with Gasteiger partial charge in [-0.05, 0) is 12.5 Å². The van der Waals surface area contributed by atoms with Gasteiger partial charge in [-0.15, -0.1) is 0 Å². The molecular weight excluding hydrogens is 168 g/mol. The highest BCUT2D eigenvalue weighted by Crippen LogP contribution is 2.17. The molecular formula is C9H10N2O2. The molecule has 0 saturated carbocycles. The van der Waals surface area contributed by atoms with Crippen molar-refractivity contribution in [3.63, 3.8) is 0 Å². The molecule has 68 valence electrons. The monoisotopic (exact) mass is 178 g/mol. The van der Waals surface area contributed by atoms with Crippen LogP contribution in [0.25, 0.3) is 0 Å². The summed E-state index contributed by atoms with van der Waals surface area (Å²) in [6.07, 6.45) is 2.53. The number of nitrogens with zero attached hydrogens (tertiary/aromatic N) is 1. The zero-order valence-electron chi connectivity index (χ0n) is 7.33. The molecule has 1 amide bonds. The van der Waals surface area contributed by atoms with Gasteiger partial charge in [0.1, 0.15) is 5.76 Å². The van der Waals surface area contributed by atoms with Crippen LogP contribution in [0.3, 0.4) is 0 Å². The fraction of sp³-hybridized carbons (Fsp3) is 0.333. The number of carbonyl (C=O) groups is 1. The van der Waals surface area contributed by atoms with Gasteiger partial charge in [-0.2, -0.15) is 0 Å². The Morgan fingerprint density at radius 1 is 1.69 bits per heavy atom. The zero-order chi connectivity index (χ0) is 9.26.